The molecule has 0 radical (unpaired) electrons. The third-order valence-electron chi connectivity index (χ3n) is 4.58. The van der Waals surface area contributed by atoms with Crippen LogP contribution in [0.25, 0.3) is 0 Å². The van der Waals surface area contributed by atoms with E-state index in [1.807, 2.05) is 31.3 Å². The van der Waals surface area contributed by atoms with Crippen LogP contribution >= 0.6 is 0 Å². The van der Waals surface area contributed by atoms with E-state index in [1.54, 1.807) is 12.4 Å². The lowest BCUT2D eigenvalue weighted by atomic mass is 9.80. The first-order valence-electron chi connectivity index (χ1n) is 7.81. The molecule has 23 heavy (non-hydrogen) atoms. The third-order valence-corrected chi connectivity index (χ3v) is 4.58. The minimum Gasteiger partial charge on any atom is -0.376 e. The highest BCUT2D eigenvalue weighted by molar-refractivity contribution is 5.42. The highest BCUT2D eigenvalue weighted by atomic mass is 16.5. The average molecular weight is 312 g/mol. The molecule has 2 aromatic heterocycles. The zero-order valence-corrected chi connectivity index (χ0v) is 13.4. The second-order valence-corrected chi connectivity index (χ2v) is 6.43. The van der Waals surface area contributed by atoms with Crippen LogP contribution in [-0.2, 0) is 16.8 Å². The van der Waals surface area contributed by atoms with Gasteiger partial charge in [-0.05, 0) is 12.5 Å². The molecule has 2 aliphatic heterocycles. The molecule has 1 fully saturated rings. The topological polar surface area (TPSA) is 67.3 Å². The van der Waals surface area contributed by atoms with E-state index in [4.69, 9.17) is 9.72 Å². The predicted molar refractivity (Wildman–Crippen MR) is 86.6 cm³/mol. The van der Waals surface area contributed by atoms with Gasteiger partial charge in [-0.25, -0.2) is 19.9 Å². The zero-order valence-electron chi connectivity index (χ0n) is 13.4. The van der Waals surface area contributed by atoms with Gasteiger partial charge in [0.25, 0.3) is 0 Å². The van der Waals surface area contributed by atoms with E-state index in [0.29, 0.717) is 13.2 Å². The summed E-state index contributed by atoms with van der Waals surface area (Å²) in [5.74, 6) is 1.53. The Morgan fingerprint density at radius 3 is 2.83 bits per heavy atom. The van der Waals surface area contributed by atoms with Crippen molar-refractivity contribution < 1.29 is 4.74 Å². The second-order valence-electron chi connectivity index (χ2n) is 6.43. The van der Waals surface area contributed by atoms with Gasteiger partial charge in [0.1, 0.15) is 0 Å². The summed E-state index contributed by atoms with van der Waals surface area (Å²) >= 11 is 0. The maximum absolute atomic E-state index is 5.86. The van der Waals surface area contributed by atoms with Gasteiger partial charge in [0.2, 0.25) is 11.9 Å². The van der Waals surface area contributed by atoms with Crippen molar-refractivity contribution in [3.8, 4) is 0 Å². The first-order chi connectivity index (χ1) is 11.2. The summed E-state index contributed by atoms with van der Waals surface area (Å²) in [6, 6.07) is 1.84. The number of aromatic nitrogens is 4. The van der Waals surface area contributed by atoms with Crippen LogP contribution in [0.4, 0.5) is 11.9 Å². The summed E-state index contributed by atoms with van der Waals surface area (Å²) in [5.41, 5.74) is 2.12. The fourth-order valence-electron chi connectivity index (χ4n) is 3.41. The Hall–Kier alpha value is -2.28. The van der Waals surface area contributed by atoms with E-state index in [0.717, 1.165) is 42.7 Å². The van der Waals surface area contributed by atoms with Crippen LogP contribution in [0, 0.1) is 0 Å². The molecule has 120 valence electrons. The Balaban J connectivity index is 1.70. The van der Waals surface area contributed by atoms with E-state index in [2.05, 4.69) is 19.9 Å². The van der Waals surface area contributed by atoms with Gasteiger partial charge in [-0.3, -0.25) is 0 Å². The average Bonchev–Trinajstić information content (AvgIpc) is 3.00. The maximum atomic E-state index is 5.86. The second kappa shape index (κ2) is 5.42. The summed E-state index contributed by atoms with van der Waals surface area (Å²) < 4.78 is 5.86. The molecule has 4 heterocycles. The molecule has 0 saturated carbocycles. The monoisotopic (exact) mass is 312 g/mol. The van der Waals surface area contributed by atoms with Crippen LogP contribution < -0.4 is 9.80 Å². The fourth-order valence-corrected chi connectivity index (χ4v) is 3.41. The molecular weight excluding hydrogens is 292 g/mol. The van der Waals surface area contributed by atoms with Crippen LogP contribution in [-0.4, -0.2) is 53.7 Å². The molecule has 2 aliphatic rings. The molecule has 4 rings (SSSR count). The van der Waals surface area contributed by atoms with Gasteiger partial charge >= 0.3 is 0 Å². The van der Waals surface area contributed by atoms with Gasteiger partial charge in [0, 0.05) is 51.3 Å². The molecular formula is C16H20N6O. The quantitative estimate of drug-likeness (QED) is 0.820. The summed E-state index contributed by atoms with van der Waals surface area (Å²) in [6.45, 7) is 3.02. The molecule has 0 bridgehead atoms. The highest BCUT2D eigenvalue weighted by Crippen LogP contribution is 2.40. The number of hydrogen-bond acceptors (Lipinski definition) is 7. The summed E-state index contributed by atoms with van der Waals surface area (Å²) in [4.78, 5) is 22.2. The number of hydrogen-bond donors (Lipinski definition) is 0. The molecule has 0 amide bonds. The first-order valence-corrected chi connectivity index (χ1v) is 7.81. The lowest BCUT2D eigenvalue weighted by molar-refractivity contribution is 0.0557. The van der Waals surface area contributed by atoms with Gasteiger partial charge in [0.05, 0.1) is 24.3 Å². The number of fused-ring (bicyclic) bond motifs is 2. The predicted octanol–water partition coefficient (Wildman–Crippen LogP) is 1.01. The molecule has 7 nitrogen and oxygen atoms in total. The van der Waals surface area contributed by atoms with E-state index >= 15 is 0 Å². The Morgan fingerprint density at radius 2 is 2.04 bits per heavy atom. The Kier molecular flexibility index (Phi) is 3.37. The number of ether oxygens (including phenoxy) is 1. The van der Waals surface area contributed by atoms with E-state index in [-0.39, 0.29) is 5.41 Å². The highest BCUT2D eigenvalue weighted by Gasteiger charge is 2.45. The van der Waals surface area contributed by atoms with Gasteiger partial charge < -0.3 is 14.5 Å². The maximum Gasteiger partial charge on any atom is 0.225 e. The molecule has 1 saturated heterocycles. The molecule has 0 aliphatic carbocycles. The van der Waals surface area contributed by atoms with Crippen LogP contribution in [0.5, 0.6) is 0 Å². The standard InChI is InChI=1S/C16H20N6O/c1-21(2)15-19-8-12-9-23-11-16(13(12)20-15)4-7-22(10-16)14-17-5-3-6-18-14/h3,5-6,8H,4,7,9-11H2,1-2H3. The molecule has 1 unspecified atom stereocenters. The van der Waals surface area contributed by atoms with Crippen LogP contribution in [0.1, 0.15) is 17.7 Å². The number of anilines is 2. The van der Waals surface area contributed by atoms with Crippen molar-refractivity contribution in [3.05, 3.63) is 35.9 Å². The van der Waals surface area contributed by atoms with Crippen molar-refractivity contribution in [2.24, 2.45) is 0 Å². The SMILES string of the molecule is CN(C)c1ncc2c(n1)C1(CCN(c3ncccn3)C1)COC2. The Bertz CT molecular complexity index is 707. The van der Waals surface area contributed by atoms with E-state index in [9.17, 15) is 0 Å². The molecule has 0 aromatic carbocycles. The minimum absolute atomic E-state index is 0.0967. The fraction of sp³-hybridized carbons (Fsp3) is 0.500. The normalized spacial score (nSPS) is 23.1. The Morgan fingerprint density at radius 1 is 1.22 bits per heavy atom. The largest absolute Gasteiger partial charge is 0.376 e. The summed E-state index contributed by atoms with van der Waals surface area (Å²) in [5, 5.41) is 0. The number of rotatable bonds is 2. The third kappa shape index (κ3) is 2.41. The number of nitrogens with zero attached hydrogens (tertiary/aromatic N) is 6. The summed E-state index contributed by atoms with van der Waals surface area (Å²) in [6.07, 6.45) is 6.46. The van der Waals surface area contributed by atoms with Crippen LogP contribution in [0.3, 0.4) is 0 Å². The van der Waals surface area contributed by atoms with Gasteiger partial charge in [-0.15, -0.1) is 0 Å². The van der Waals surface area contributed by atoms with Crippen molar-refractivity contribution in [3.63, 3.8) is 0 Å². The smallest absolute Gasteiger partial charge is 0.225 e. The van der Waals surface area contributed by atoms with Crippen LogP contribution in [0.15, 0.2) is 24.7 Å². The van der Waals surface area contributed by atoms with Gasteiger partial charge in [0.15, 0.2) is 0 Å². The van der Waals surface area contributed by atoms with Crippen molar-refractivity contribution in [2.45, 2.75) is 18.4 Å². The molecule has 2 aromatic rings. The summed E-state index contributed by atoms with van der Waals surface area (Å²) in [7, 11) is 3.93. The molecule has 1 atom stereocenters. The molecule has 7 heteroatoms. The van der Waals surface area contributed by atoms with Crippen molar-refractivity contribution in [2.75, 3.05) is 43.6 Å². The first kappa shape index (κ1) is 14.3. The Labute approximate surface area is 135 Å². The zero-order chi connectivity index (χ0) is 15.9. The van der Waals surface area contributed by atoms with Crippen molar-refractivity contribution in [1.29, 1.82) is 0 Å². The molecule has 1 spiro atoms. The minimum atomic E-state index is -0.0967. The van der Waals surface area contributed by atoms with Gasteiger partial charge in [-0.2, -0.15) is 0 Å². The van der Waals surface area contributed by atoms with Gasteiger partial charge in [-0.1, -0.05) is 0 Å². The molecule has 0 N–H and O–H groups in total. The lowest BCUT2D eigenvalue weighted by Gasteiger charge is -2.34. The lowest BCUT2D eigenvalue weighted by Crippen LogP contribution is -2.41. The van der Waals surface area contributed by atoms with Crippen molar-refractivity contribution >= 4 is 11.9 Å². The van der Waals surface area contributed by atoms with E-state index in [1.165, 1.54) is 0 Å². The van der Waals surface area contributed by atoms with Crippen molar-refractivity contribution in [1.82, 2.24) is 19.9 Å². The van der Waals surface area contributed by atoms with E-state index < -0.39 is 0 Å². The van der Waals surface area contributed by atoms with Crippen LogP contribution in [0.2, 0.25) is 0 Å².